The van der Waals surface area contributed by atoms with Crippen molar-refractivity contribution in [2.24, 2.45) is 10.5 Å². The Hall–Kier alpha value is -0.770. The van der Waals surface area contributed by atoms with E-state index >= 15 is 0 Å². The van der Waals surface area contributed by atoms with Crippen LogP contribution in [-0.2, 0) is 4.74 Å². The minimum atomic E-state index is -0.120. The molecule has 0 heterocycles. The third-order valence-electron chi connectivity index (χ3n) is 2.55. The molecule has 0 radical (unpaired) electrons. The van der Waals surface area contributed by atoms with E-state index in [0.717, 1.165) is 19.3 Å². The molecule has 5 heteroatoms. The zero-order valence-electron chi connectivity index (χ0n) is 9.65. The number of hydrogen-bond donors (Lipinski definition) is 1. The molecule has 5 nitrogen and oxygen atoms in total. The molecule has 0 rings (SSSR count). The van der Waals surface area contributed by atoms with E-state index in [1.165, 1.54) is 0 Å². The van der Waals surface area contributed by atoms with E-state index in [1.807, 2.05) is 13.8 Å². The summed E-state index contributed by atoms with van der Waals surface area (Å²) >= 11 is 0. The first-order chi connectivity index (χ1) is 7.18. The van der Waals surface area contributed by atoms with Crippen LogP contribution in [0.1, 0.15) is 33.1 Å². The van der Waals surface area contributed by atoms with Gasteiger partial charge in [0.15, 0.2) is 0 Å². The van der Waals surface area contributed by atoms with Crippen LogP contribution in [0, 0.1) is 5.41 Å². The number of hydrogen-bond acceptors (Lipinski definition) is 3. The fourth-order valence-electron chi connectivity index (χ4n) is 1.01. The lowest BCUT2D eigenvalue weighted by Crippen LogP contribution is -2.26. The minimum Gasteiger partial charge on any atom is -0.396 e. The molecule has 0 aliphatic heterocycles. The third-order valence-corrected chi connectivity index (χ3v) is 2.55. The highest BCUT2D eigenvalue weighted by atomic mass is 16.5. The van der Waals surface area contributed by atoms with Gasteiger partial charge in [-0.3, -0.25) is 0 Å². The number of azide groups is 1. The number of rotatable bonds is 9. The molecule has 0 aliphatic rings. The predicted octanol–water partition coefficient (Wildman–Crippen LogP) is 2.50. The van der Waals surface area contributed by atoms with Crippen LogP contribution < -0.4 is 0 Å². The van der Waals surface area contributed by atoms with Gasteiger partial charge in [0.25, 0.3) is 0 Å². The van der Waals surface area contributed by atoms with Crippen LogP contribution in [-0.4, -0.2) is 31.5 Å². The molecular formula is C10H21N3O2. The van der Waals surface area contributed by atoms with E-state index < -0.39 is 0 Å². The second kappa shape index (κ2) is 8.53. The second-order valence-corrected chi connectivity index (χ2v) is 4.04. The van der Waals surface area contributed by atoms with Crippen LogP contribution in [0.2, 0.25) is 0 Å². The summed E-state index contributed by atoms with van der Waals surface area (Å²) in [6, 6.07) is 0. The summed E-state index contributed by atoms with van der Waals surface area (Å²) in [7, 11) is 0. The number of aliphatic hydroxyl groups excluding tert-OH is 1. The van der Waals surface area contributed by atoms with Crippen LogP contribution in [0.5, 0.6) is 0 Å². The summed E-state index contributed by atoms with van der Waals surface area (Å²) in [5.74, 6) is 0. The van der Waals surface area contributed by atoms with E-state index in [4.69, 9.17) is 15.4 Å². The summed E-state index contributed by atoms with van der Waals surface area (Å²) in [5.41, 5.74) is 7.92. The lowest BCUT2D eigenvalue weighted by molar-refractivity contribution is 0.0139. The van der Waals surface area contributed by atoms with E-state index in [0.29, 0.717) is 19.8 Å². The molecule has 0 spiro atoms. The highest BCUT2D eigenvalue weighted by Gasteiger charge is 2.20. The van der Waals surface area contributed by atoms with Crippen molar-refractivity contribution in [3.05, 3.63) is 10.4 Å². The Morgan fingerprint density at radius 2 is 2.20 bits per heavy atom. The summed E-state index contributed by atoms with van der Waals surface area (Å²) in [5, 5.41) is 12.6. The predicted molar refractivity (Wildman–Crippen MR) is 59.5 cm³/mol. The highest BCUT2D eigenvalue weighted by Crippen LogP contribution is 2.20. The molecule has 0 aromatic carbocycles. The zero-order chi connectivity index (χ0) is 11.6. The van der Waals surface area contributed by atoms with Crippen molar-refractivity contribution in [1.29, 1.82) is 0 Å². The largest absolute Gasteiger partial charge is 0.396 e. The van der Waals surface area contributed by atoms with Crippen LogP contribution in [0.3, 0.4) is 0 Å². The zero-order valence-corrected chi connectivity index (χ0v) is 9.65. The fraction of sp³-hybridized carbons (Fsp3) is 1.00. The van der Waals surface area contributed by atoms with Crippen molar-refractivity contribution in [2.45, 2.75) is 33.1 Å². The van der Waals surface area contributed by atoms with Gasteiger partial charge in [0.05, 0.1) is 13.2 Å². The molecular weight excluding hydrogens is 194 g/mol. The molecule has 88 valence electrons. The Morgan fingerprint density at radius 3 is 2.73 bits per heavy atom. The number of unbranched alkanes of at least 4 members (excludes halogenated alkanes) is 1. The smallest absolute Gasteiger partial charge is 0.0541 e. The average molecular weight is 215 g/mol. The fourth-order valence-corrected chi connectivity index (χ4v) is 1.01. The summed E-state index contributed by atoms with van der Waals surface area (Å²) < 4.78 is 5.47. The normalized spacial score (nSPS) is 14.3. The van der Waals surface area contributed by atoms with E-state index in [1.54, 1.807) is 0 Å². The Kier molecular flexibility index (Phi) is 8.09. The first kappa shape index (κ1) is 14.2. The number of ether oxygens (including phenoxy) is 1. The molecule has 15 heavy (non-hydrogen) atoms. The molecule has 1 atom stereocenters. The van der Waals surface area contributed by atoms with Gasteiger partial charge in [-0.1, -0.05) is 19.0 Å². The Labute approximate surface area is 91.1 Å². The number of nitrogens with zero attached hydrogens (tertiary/aromatic N) is 3. The maximum atomic E-state index is 9.12. The lowest BCUT2D eigenvalue weighted by Gasteiger charge is -2.25. The second-order valence-electron chi connectivity index (χ2n) is 4.04. The molecule has 1 N–H and O–H groups in total. The van der Waals surface area contributed by atoms with E-state index in [2.05, 4.69) is 10.0 Å². The van der Waals surface area contributed by atoms with Gasteiger partial charge >= 0.3 is 0 Å². The van der Waals surface area contributed by atoms with Crippen LogP contribution in [0.25, 0.3) is 10.4 Å². The molecule has 0 saturated heterocycles. The first-order valence-corrected chi connectivity index (χ1v) is 5.38. The van der Waals surface area contributed by atoms with Crippen molar-refractivity contribution >= 4 is 0 Å². The molecule has 0 saturated carbocycles. The number of aliphatic hydroxyl groups is 1. The molecule has 0 aromatic heterocycles. The molecule has 1 unspecified atom stereocenters. The van der Waals surface area contributed by atoms with Gasteiger partial charge in [-0.15, -0.1) is 0 Å². The van der Waals surface area contributed by atoms with Crippen molar-refractivity contribution in [2.75, 3.05) is 26.4 Å². The summed E-state index contributed by atoms with van der Waals surface area (Å²) in [6.45, 7) is 5.99. The summed E-state index contributed by atoms with van der Waals surface area (Å²) in [6.07, 6.45) is 2.65. The Balaban J connectivity index is 3.41. The van der Waals surface area contributed by atoms with E-state index in [-0.39, 0.29) is 12.0 Å². The van der Waals surface area contributed by atoms with Gasteiger partial charge in [-0.05, 0) is 24.8 Å². The minimum absolute atomic E-state index is 0.120. The maximum absolute atomic E-state index is 9.12. The quantitative estimate of drug-likeness (QED) is 0.277. The van der Waals surface area contributed by atoms with Crippen molar-refractivity contribution in [3.8, 4) is 0 Å². The van der Waals surface area contributed by atoms with Crippen molar-refractivity contribution < 1.29 is 9.84 Å². The maximum Gasteiger partial charge on any atom is 0.0541 e. The summed E-state index contributed by atoms with van der Waals surface area (Å²) in [4.78, 5) is 2.67. The van der Waals surface area contributed by atoms with Gasteiger partial charge in [0.2, 0.25) is 0 Å². The standard InChI is InChI=1S/C10H21N3O2/c1-3-10(2,8-14)9-15-7-5-4-6-12-13-11/h14H,3-9H2,1-2H3. The molecule has 0 bridgehead atoms. The van der Waals surface area contributed by atoms with Crippen LogP contribution in [0.15, 0.2) is 5.11 Å². The van der Waals surface area contributed by atoms with Gasteiger partial charge in [0.1, 0.15) is 0 Å². The molecule has 0 aliphatic carbocycles. The average Bonchev–Trinajstić information content (AvgIpc) is 2.27. The van der Waals surface area contributed by atoms with Gasteiger partial charge < -0.3 is 9.84 Å². The van der Waals surface area contributed by atoms with Gasteiger partial charge in [-0.25, -0.2) is 0 Å². The monoisotopic (exact) mass is 215 g/mol. The molecule has 0 amide bonds. The van der Waals surface area contributed by atoms with Crippen molar-refractivity contribution in [3.63, 3.8) is 0 Å². The van der Waals surface area contributed by atoms with Crippen molar-refractivity contribution in [1.82, 2.24) is 0 Å². The van der Waals surface area contributed by atoms with Crippen LogP contribution in [0.4, 0.5) is 0 Å². The van der Waals surface area contributed by atoms with Gasteiger partial charge in [-0.2, -0.15) is 0 Å². The van der Waals surface area contributed by atoms with Gasteiger partial charge in [0, 0.05) is 23.5 Å². The third kappa shape index (κ3) is 7.19. The SMILES string of the molecule is CCC(C)(CO)COCCCCN=[N+]=[N-]. The van der Waals surface area contributed by atoms with Crippen LogP contribution >= 0.6 is 0 Å². The Morgan fingerprint density at radius 1 is 1.47 bits per heavy atom. The Bertz CT molecular complexity index is 199. The molecule has 0 aromatic rings. The lowest BCUT2D eigenvalue weighted by atomic mass is 9.90. The molecule has 0 fully saturated rings. The highest BCUT2D eigenvalue weighted by molar-refractivity contribution is 4.70. The topological polar surface area (TPSA) is 78.2 Å². The first-order valence-electron chi connectivity index (χ1n) is 5.38. The van der Waals surface area contributed by atoms with E-state index in [9.17, 15) is 0 Å².